The topological polar surface area (TPSA) is 44.5 Å². The summed E-state index contributed by atoms with van der Waals surface area (Å²) in [4.78, 5) is 5.10. The second-order valence-corrected chi connectivity index (χ2v) is 6.72. The van der Waals surface area contributed by atoms with Gasteiger partial charge in [-0.15, -0.1) is 12.4 Å². The molecular formula is C15H27ClN4O. The zero-order valence-corrected chi connectivity index (χ0v) is 13.9. The van der Waals surface area contributed by atoms with Gasteiger partial charge in [0.2, 0.25) is 0 Å². The van der Waals surface area contributed by atoms with E-state index in [2.05, 4.69) is 27.2 Å². The molecular weight excluding hydrogens is 288 g/mol. The summed E-state index contributed by atoms with van der Waals surface area (Å²) in [5, 5.41) is 7.57. The van der Waals surface area contributed by atoms with Gasteiger partial charge in [-0.25, -0.2) is 0 Å². The first-order chi connectivity index (χ1) is 9.63. The highest BCUT2D eigenvalue weighted by atomic mass is 35.5. The van der Waals surface area contributed by atoms with Crippen LogP contribution in [-0.2, 0) is 6.54 Å². The Kier molecular flexibility index (Phi) is 5.66. The maximum atomic E-state index is 5.14. The second-order valence-electron chi connectivity index (χ2n) is 6.72. The maximum absolute atomic E-state index is 5.14. The van der Waals surface area contributed by atoms with Crippen molar-refractivity contribution in [3.63, 3.8) is 0 Å². The van der Waals surface area contributed by atoms with E-state index in [1.165, 1.54) is 39.1 Å². The van der Waals surface area contributed by atoms with Crippen LogP contribution in [0, 0.1) is 12.3 Å². The van der Waals surface area contributed by atoms with Crippen LogP contribution in [0.15, 0.2) is 10.6 Å². The number of nitrogens with one attached hydrogen (secondary N) is 1. The van der Waals surface area contributed by atoms with Crippen molar-refractivity contribution in [3.05, 3.63) is 17.5 Å². The fourth-order valence-electron chi connectivity index (χ4n) is 3.37. The molecule has 5 nitrogen and oxygen atoms in total. The van der Waals surface area contributed by atoms with E-state index in [9.17, 15) is 0 Å². The minimum Gasteiger partial charge on any atom is -0.361 e. The Morgan fingerprint density at radius 1 is 1.29 bits per heavy atom. The van der Waals surface area contributed by atoms with Crippen molar-refractivity contribution in [1.29, 1.82) is 0 Å². The molecule has 1 aromatic rings. The lowest BCUT2D eigenvalue weighted by molar-refractivity contribution is 0.0920. The zero-order valence-electron chi connectivity index (χ0n) is 13.1. The lowest BCUT2D eigenvalue weighted by Crippen LogP contribution is -2.49. The van der Waals surface area contributed by atoms with Crippen LogP contribution in [0.25, 0.3) is 0 Å². The molecule has 2 saturated heterocycles. The fourth-order valence-corrected chi connectivity index (χ4v) is 3.37. The van der Waals surface area contributed by atoms with E-state index < -0.39 is 0 Å². The van der Waals surface area contributed by atoms with Crippen LogP contribution in [0.5, 0.6) is 0 Å². The molecule has 0 radical (unpaired) electrons. The van der Waals surface area contributed by atoms with Gasteiger partial charge in [-0.1, -0.05) is 12.1 Å². The summed E-state index contributed by atoms with van der Waals surface area (Å²) in [5.74, 6) is 0.903. The Hall–Kier alpha value is -0.620. The first-order valence-corrected chi connectivity index (χ1v) is 7.71. The lowest BCUT2D eigenvalue weighted by atomic mass is 9.89. The van der Waals surface area contributed by atoms with Crippen molar-refractivity contribution >= 4 is 12.4 Å². The van der Waals surface area contributed by atoms with Crippen LogP contribution in [0.4, 0.5) is 0 Å². The molecule has 120 valence electrons. The van der Waals surface area contributed by atoms with Gasteiger partial charge in [0, 0.05) is 51.9 Å². The normalized spacial score (nSPS) is 27.7. The van der Waals surface area contributed by atoms with Gasteiger partial charge in [-0.2, -0.15) is 0 Å². The molecule has 1 N–H and O–H groups in total. The SMILES string of the molecule is Cc1cc(CN2CCN(CC3(C)CCNC3)CC2)no1.Cl. The molecule has 0 aromatic carbocycles. The van der Waals surface area contributed by atoms with Gasteiger partial charge in [-0.05, 0) is 25.3 Å². The van der Waals surface area contributed by atoms with Gasteiger partial charge in [-0.3, -0.25) is 4.90 Å². The molecule has 1 aromatic heterocycles. The van der Waals surface area contributed by atoms with Gasteiger partial charge in [0.15, 0.2) is 0 Å². The molecule has 2 aliphatic rings. The summed E-state index contributed by atoms with van der Waals surface area (Å²) in [6, 6.07) is 2.04. The molecule has 0 spiro atoms. The monoisotopic (exact) mass is 314 g/mol. The van der Waals surface area contributed by atoms with E-state index in [0.29, 0.717) is 5.41 Å². The Bertz CT molecular complexity index is 437. The van der Waals surface area contributed by atoms with Gasteiger partial charge < -0.3 is 14.7 Å². The summed E-state index contributed by atoms with van der Waals surface area (Å²) in [5.41, 5.74) is 1.54. The van der Waals surface area contributed by atoms with Crippen LogP contribution >= 0.6 is 12.4 Å². The third-order valence-corrected chi connectivity index (χ3v) is 4.59. The van der Waals surface area contributed by atoms with E-state index in [1.807, 2.05) is 13.0 Å². The van der Waals surface area contributed by atoms with Crippen molar-refractivity contribution in [2.45, 2.75) is 26.8 Å². The van der Waals surface area contributed by atoms with Gasteiger partial charge in [0.05, 0.1) is 5.69 Å². The molecule has 2 aliphatic heterocycles. The number of halogens is 1. The fraction of sp³-hybridized carbons (Fsp3) is 0.800. The number of piperazine rings is 1. The lowest BCUT2D eigenvalue weighted by Gasteiger charge is -2.38. The molecule has 1 atom stereocenters. The number of aromatic nitrogens is 1. The molecule has 1 unspecified atom stereocenters. The minimum absolute atomic E-state index is 0. The molecule has 2 fully saturated rings. The molecule has 21 heavy (non-hydrogen) atoms. The minimum atomic E-state index is 0. The predicted molar refractivity (Wildman–Crippen MR) is 85.8 cm³/mol. The van der Waals surface area contributed by atoms with E-state index in [0.717, 1.165) is 31.1 Å². The first kappa shape index (κ1) is 16.7. The molecule has 3 rings (SSSR count). The van der Waals surface area contributed by atoms with Crippen molar-refractivity contribution in [2.75, 3.05) is 45.8 Å². The smallest absolute Gasteiger partial charge is 0.133 e. The number of hydrogen-bond donors (Lipinski definition) is 1. The number of hydrogen-bond acceptors (Lipinski definition) is 5. The van der Waals surface area contributed by atoms with Gasteiger partial charge in [0.25, 0.3) is 0 Å². The number of aryl methyl sites for hydroxylation is 1. The molecule has 0 saturated carbocycles. The van der Waals surface area contributed by atoms with E-state index in [4.69, 9.17) is 4.52 Å². The van der Waals surface area contributed by atoms with Crippen molar-refractivity contribution in [1.82, 2.24) is 20.3 Å². The summed E-state index contributed by atoms with van der Waals surface area (Å²) >= 11 is 0. The zero-order chi connectivity index (χ0) is 14.0. The summed E-state index contributed by atoms with van der Waals surface area (Å²) < 4.78 is 5.14. The molecule has 6 heteroatoms. The van der Waals surface area contributed by atoms with Gasteiger partial charge in [0.1, 0.15) is 5.76 Å². The molecule has 3 heterocycles. The standard InChI is InChI=1S/C15H26N4O.ClH/c1-13-9-14(17-20-13)10-18-5-7-19(8-6-18)12-15(2)3-4-16-11-15;/h9,16H,3-8,10-12H2,1-2H3;1H. The Labute approximate surface area is 133 Å². The average Bonchev–Trinajstić information content (AvgIpc) is 3.01. The van der Waals surface area contributed by atoms with Crippen LogP contribution in [0.1, 0.15) is 24.8 Å². The summed E-state index contributed by atoms with van der Waals surface area (Å²) in [6.07, 6.45) is 1.31. The Balaban J connectivity index is 0.00000161. The number of nitrogens with zero attached hydrogens (tertiary/aromatic N) is 3. The van der Waals surface area contributed by atoms with Crippen LogP contribution < -0.4 is 5.32 Å². The van der Waals surface area contributed by atoms with E-state index in [-0.39, 0.29) is 12.4 Å². The van der Waals surface area contributed by atoms with Crippen LogP contribution in [-0.4, -0.2) is 60.8 Å². The summed E-state index contributed by atoms with van der Waals surface area (Å²) in [7, 11) is 0. The average molecular weight is 315 g/mol. The molecule has 0 bridgehead atoms. The summed E-state index contributed by atoms with van der Waals surface area (Å²) in [6.45, 7) is 13.5. The quantitative estimate of drug-likeness (QED) is 0.913. The largest absolute Gasteiger partial charge is 0.361 e. The van der Waals surface area contributed by atoms with Crippen molar-refractivity contribution in [2.24, 2.45) is 5.41 Å². The predicted octanol–water partition coefficient (Wildman–Crippen LogP) is 1.52. The third-order valence-electron chi connectivity index (χ3n) is 4.59. The Morgan fingerprint density at radius 2 is 2.00 bits per heavy atom. The molecule has 0 amide bonds. The molecule has 0 aliphatic carbocycles. The third kappa shape index (κ3) is 4.42. The maximum Gasteiger partial charge on any atom is 0.133 e. The van der Waals surface area contributed by atoms with E-state index >= 15 is 0 Å². The van der Waals surface area contributed by atoms with Crippen LogP contribution in [0.3, 0.4) is 0 Å². The number of rotatable bonds is 4. The Morgan fingerprint density at radius 3 is 2.57 bits per heavy atom. The van der Waals surface area contributed by atoms with E-state index in [1.54, 1.807) is 0 Å². The van der Waals surface area contributed by atoms with Crippen molar-refractivity contribution in [3.8, 4) is 0 Å². The second kappa shape index (κ2) is 7.09. The van der Waals surface area contributed by atoms with Gasteiger partial charge >= 0.3 is 0 Å². The highest BCUT2D eigenvalue weighted by Crippen LogP contribution is 2.26. The highest BCUT2D eigenvalue weighted by molar-refractivity contribution is 5.85. The first-order valence-electron chi connectivity index (χ1n) is 7.71. The highest BCUT2D eigenvalue weighted by Gasteiger charge is 2.31. The van der Waals surface area contributed by atoms with Crippen LogP contribution in [0.2, 0.25) is 0 Å². The van der Waals surface area contributed by atoms with Crippen molar-refractivity contribution < 1.29 is 4.52 Å².